The number of benzene rings is 3. The molecule has 3 amide bonds. The molecule has 1 fully saturated rings. The Labute approximate surface area is 210 Å². The first kappa shape index (κ1) is 23.6. The van der Waals surface area contributed by atoms with Crippen molar-refractivity contribution in [2.75, 3.05) is 18.6 Å². The normalized spacial score (nSPS) is 17.8. The number of methoxy groups -OCH3 is 1. The number of ether oxygens (including phenoxy) is 1. The lowest BCUT2D eigenvalue weighted by Gasteiger charge is -2.26. The molecule has 2 unspecified atom stereocenters. The topological polar surface area (TPSA) is 79.0 Å². The molecule has 1 N–H and O–H groups in total. The van der Waals surface area contributed by atoms with Crippen LogP contribution < -0.4 is 15.0 Å². The molecular formula is C29H29N3O4. The molecule has 184 valence electrons. The van der Waals surface area contributed by atoms with Crippen molar-refractivity contribution in [2.45, 2.75) is 38.4 Å². The highest BCUT2D eigenvalue weighted by atomic mass is 16.5. The van der Waals surface area contributed by atoms with Gasteiger partial charge in [0.05, 0.1) is 30.9 Å². The Morgan fingerprint density at radius 2 is 1.75 bits per heavy atom. The van der Waals surface area contributed by atoms with Gasteiger partial charge in [0, 0.05) is 12.1 Å². The van der Waals surface area contributed by atoms with E-state index in [4.69, 9.17) is 4.74 Å². The number of carbonyl (C=O) groups excluding carboxylic acids is 3. The maximum Gasteiger partial charge on any atom is 0.256 e. The van der Waals surface area contributed by atoms with Gasteiger partial charge < -0.3 is 19.9 Å². The van der Waals surface area contributed by atoms with E-state index in [-0.39, 0.29) is 23.8 Å². The van der Waals surface area contributed by atoms with Crippen LogP contribution in [0.5, 0.6) is 5.75 Å². The van der Waals surface area contributed by atoms with Gasteiger partial charge >= 0.3 is 0 Å². The Kier molecular flexibility index (Phi) is 6.46. The number of nitrogens with zero attached hydrogens (tertiary/aromatic N) is 2. The van der Waals surface area contributed by atoms with Gasteiger partial charge in [-0.25, -0.2) is 0 Å². The van der Waals surface area contributed by atoms with Gasteiger partial charge in [-0.2, -0.15) is 0 Å². The van der Waals surface area contributed by atoms with Crippen LogP contribution in [0.2, 0.25) is 0 Å². The average molecular weight is 484 g/mol. The molecule has 2 aliphatic rings. The number of rotatable bonds is 6. The summed E-state index contributed by atoms with van der Waals surface area (Å²) in [6, 6.07) is 21.6. The van der Waals surface area contributed by atoms with Crippen LogP contribution in [-0.2, 0) is 11.3 Å². The van der Waals surface area contributed by atoms with E-state index >= 15 is 0 Å². The predicted octanol–water partition coefficient (Wildman–Crippen LogP) is 4.34. The van der Waals surface area contributed by atoms with Gasteiger partial charge in [0.2, 0.25) is 5.91 Å². The third kappa shape index (κ3) is 4.44. The van der Waals surface area contributed by atoms with E-state index in [0.29, 0.717) is 36.3 Å². The maximum absolute atomic E-state index is 13.5. The second kappa shape index (κ2) is 9.85. The van der Waals surface area contributed by atoms with Gasteiger partial charge in [0.25, 0.3) is 11.8 Å². The number of carbonyl (C=O) groups is 3. The summed E-state index contributed by atoms with van der Waals surface area (Å²) in [5, 5.41) is 3.02. The smallest absolute Gasteiger partial charge is 0.256 e. The van der Waals surface area contributed by atoms with E-state index in [9.17, 15) is 14.4 Å². The molecule has 0 spiro atoms. The van der Waals surface area contributed by atoms with E-state index < -0.39 is 6.04 Å². The molecule has 0 radical (unpaired) electrons. The Hall–Kier alpha value is -4.13. The third-order valence-corrected chi connectivity index (χ3v) is 7.01. The molecule has 0 bridgehead atoms. The summed E-state index contributed by atoms with van der Waals surface area (Å²) in [5.41, 5.74) is 3.60. The lowest BCUT2D eigenvalue weighted by Crippen LogP contribution is -2.44. The summed E-state index contributed by atoms with van der Waals surface area (Å²) in [5.74, 6) is 0.458. The van der Waals surface area contributed by atoms with Crippen LogP contribution in [-0.4, -0.2) is 42.3 Å². The highest BCUT2D eigenvalue weighted by Gasteiger charge is 2.41. The highest BCUT2D eigenvalue weighted by molar-refractivity contribution is 6.11. The van der Waals surface area contributed by atoms with Crippen molar-refractivity contribution in [1.29, 1.82) is 0 Å². The third-order valence-electron chi connectivity index (χ3n) is 7.01. The van der Waals surface area contributed by atoms with E-state index in [0.717, 1.165) is 23.3 Å². The second-order valence-corrected chi connectivity index (χ2v) is 9.26. The molecule has 5 rings (SSSR count). The summed E-state index contributed by atoms with van der Waals surface area (Å²) in [6.45, 7) is 2.87. The summed E-state index contributed by atoms with van der Waals surface area (Å²) >= 11 is 0. The van der Waals surface area contributed by atoms with Gasteiger partial charge in [-0.1, -0.05) is 36.4 Å². The zero-order chi connectivity index (χ0) is 25.2. The predicted molar refractivity (Wildman–Crippen MR) is 137 cm³/mol. The molecule has 3 aromatic carbocycles. The van der Waals surface area contributed by atoms with Crippen molar-refractivity contribution in [2.24, 2.45) is 0 Å². The van der Waals surface area contributed by atoms with Crippen molar-refractivity contribution >= 4 is 23.4 Å². The zero-order valence-electron chi connectivity index (χ0n) is 20.4. The molecule has 0 aliphatic carbocycles. The van der Waals surface area contributed by atoms with Crippen LogP contribution in [0.15, 0.2) is 72.8 Å². The summed E-state index contributed by atoms with van der Waals surface area (Å²) in [6.07, 6.45) is 1.51. The molecule has 2 atom stereocenters. The molecule has 0 aromatic heterocycles. The summed E-state index contributed by atoms with van der Waals surface area (Å²) in [4.78, 5) is 42.8. The minimum atomic E-state index is -0.422. The Balaban J connectivity index is 1.32. The van der Waals surface area contributed by atoms with Crippen LogP contribution in [0.1, 0.15) is 57.7 Å². The van der Waals surface area contributed by atoms with Crippen LogP contribution in [0.4, 0.5) is 5.69 Å². The van der Waals surface area contributed by atoms with E-state index in [1.165, 1.54) is 0 Å². The number of anilines is 1. The number of amides is 3. The van der Waals surface area contributed by atoms with Crippen LogP contribution in [0, 0.1) is 0 Å². The van der Waals surface area contributed by atoms with Crippen molar-refractivity contribution in [1.82, 2.24) is 10.2 Å². The Morgan fingerprint density at radius 1 is 1.03 bits per heavy atom. The Morgan fingerprint density at radius 3 is 2.47 bits per heavy atom. The van der Waals surface area contributed by atoms with E-state index in [1.54, 1.807) is 35.1 Å². The first-order chi connectivity index (χ1) is 17.5. The van der Waals surface area contributed by atoms with E-state index in [1.807, 2.05) is 61.5 Å². The highest BCUT2D eigenvalue weighted by Crippen LogP contribution is 2.33. The molecule has 7 heteroatoms. The fourth-order valence-electron chi connectivity index (χ4n) is 4.97. The molecule has 0 saturated carbocycles. The Bertz CT molecular complexity index is 1290. The maximum atomic E-state index is 13.5. The fourth-order valence-corrected chi connectivity index (χ4v) is 4.97. The SMILES string of the molecule is COc1ccc(C(C)NC(=O)c2ccc(CN3C(=O)C4CCCN4C(=O)c4ccccc43)cc2)cc1. The quantitative estimate of drug-likeness (QED) is 0.566. The first-order valence-electron chi connectivity index (χ1n) is 12.2. The second-order valence-electron chi connectivity index (χ2n) is 9.26. The molecule has 1 saturated heterocycles. The molecule has 7 nitrogen and oxygen atoms in total. The standard InChI is InChI=1S/C29H29N3O4/c1-19(21-13-15-23(36-2)16-14-21)30-27(33)22-11-9-20(10-12-22)18-32-25-7-4-3-6-24(25)28(34)31-17-5-8-26(31)29(32)35/h3-4,6-7,9-16,19,26H,5,8,17-18H2,1-2H3,(H,30,33). The molecule has 36 heavy (non-hydrogen) atoms. The first-order valence-corrected chi connectivity index (χ1v) is 12.2. The van der Waals surface area contributed by atoms with Crippen LogP contribution in [0.25, 0.3) is 0 Å². The number of fused-ring (bicyclic) bond motifs is 2. The zero-order valence-corrected chi connectivity index (χ0v) is 20.4. The van der Waals surface area contributed by atoms with Gasteiger partial charge in [-0.15, -0.1) is 0 Å². The molecule has 2 heterocycles. The minimum absolute atomic E-state index is 0.0547. The largest absolute Gasteiger partial charge is 0.497 e. The molecule has 2 aliphatic heterocycles. The lowest BCUT2D eigenvalue weighted by atomic mass is 10.1. The fraction of sp³-hybridized carbons (Fsp3) is 0.276. The number of para-hydroxylation sites is 1. The van der Waals surface area contributed by atoms with Crippen LogP contribution >= 0.6 is 0 Å². The number of hydrogen-bond donors (Lipinski definition) is 1. The summed E-state index contributed by atoms with van der Waals surface area (Å²) in [7, 11) is 1.62. The van der Waals surface area contributed by atoms with Crippen LogP contribution in [0.3, 0.4) is 0 Å². The van der Waals surface area contributed by atoms with Crippen molar-refractivity contribution in [3.05, 3.63) is 95.1 Å². The van der Waals surface area contributed by atoms with Gasteiger partial charge in [-0.3, -0.25) is 14.4 Å². The van der Waals surface area contributed by atoms with E-state index in [2.05, 4.69) is 5.32 Å². The van der Waals surface area contributed by atoms with Crippen molar-refractivity contribution in [3.8, 4) is 5.75 Å². The molecular weight excluding hydrogens is 454 g/mol. The monoisotopic (exact) mass is 483 g/mol. The van der Waals surface area contributed by atoms with Crippen molar-refractivity contribution < 1.29 is 19.1 Å². The average Bonchev–Trinajstić information content (AvgIpc) is 3.39. The van der Waals surface area contributed by atoms with Crippen molar-refractivity contribution in [3.63, 3.8) is 0 Å². The number of nitrogens with one attached hydrogen (secondary N) is 1. The van der Waals surface area contributed by atoms with Gasteiger partial charge in [-0.05, 0) is 67.3 Å². The summed E-state index contributed by atoms with van der Waals surface area (Å²) < 4.78 is 5.19. The lowest BCUT2D eigenvalue weighted by molar-refractivity contribution is -0.122. The van der Waals surface area contributed by atoms with Gasteiger partial charge in [0.1, 0.15) is 11.8 Å². The van der Waals surface area contributed by atoms with Gasteiger partial charge in [0.15, 0.2) is 0 Å². The molecule has 3 aromatic rings. The minimum Gasteiger partial charge on any atom is -0.497 e. The number of hydrogen-bond acceptors (Lipinski definition) is 4.